The summed E-state index contributed by atoms with van der Waals surface area (Å²) in [6.07, 6.45) is 0. The fourth-order valence-corrected chi connectivity index (χ4v) is 1.98. The molecule has 0 aromatic heterocycles. The number of carbonyl (C=O) groups excluding carboxylic acids is 1. The minimum atomic E-state index is -0.149. The summed E-state index contributed by atoms with van der Waals surface area (Å²) < 4.78 is 0. The fourth-order valence-electron chi connectivity index (χ4n) is 1.89. The van der Waals surface area contributed by atoms with E-state index in [0.29, 0.717) is 6.54 Å². The van der Waals surface area contributed by atoms with Gasteiger partial charge in [-0.05, 0) is 23.6 Å². The fraction of sp³-hybridized carbons (Fsp3) is 0.188. The van der Waals surface area contributed by atoms with E-state index in [1.807, 2.05) is 12.1 Å². The number of amides is 1. The number of benzene rings is 2. The summed E-state index contributed by atoms with van der Waals surface area (Å²) in [6.45, 7) is 2.60. The number of halogens is 1. The van der Waals surface area contributed by atoms with Crippen molar-refractivity contribution in [3.63, 3.8) is 0 Å². The van der Waals surface area contributed by atoms with E-state index in [9.17, 15) is 4.79 Å². The highest BCUT2D eigenvalue weighted by Gasteiger charge is 2.00. The molecule has 1 N–H and O–H groups in total. The Bertz CT molecular complexity index is 563. The van der Waals surface area contributed by atoms with Gasteiger partial charge in [0.2, 0.25) is 5.91 Å². The number of alkyl halides is 1. The lowest BCUT2D eigenvalue weighted by Crippen LogP contribution is -2.23. The van der Waals surface area contributed by atoms with Gasteiger partial charge in [-0.2, -0.15) is 0 Å². The molecule has 0 aliphatic carbocycles. The van der Waals surface area contributed by atoms with Gasteiger partial charge in [0.25, 0.3) is 0 Å². The number of rotatable bonds is 4. The maximum Gasteiger partial charge on any atom is 0.235 e. The molecule has 0 unspecified atom stereocenters. The van der Waals surface area contributed by atoms with E-state index in [1.165, 1.54) is 16.7 Å². The molecule has 2 nitrogen and oxygen atoms in total. The second-order valence-corrected chi connectivity index (χ2v) is 4.74. The molecule has 0 heterocycles. The summed E-state index contributed by atoms with van der Waals surface area (Å²) in [5.74, 6) is -0.147. The quantitative estimate of drug-likeness (QED) is 0.849. The predicted molar refractivity (Wildman–Crippen MR) is 79.2 cm³/mol. The minimum absolute atomic E-state index is 0.00136. The normalized spacial score (nSPS) is 10.2. The lowest BCUT2D eigenvalue weighted by molar-refractivity contribution is -0.118. The molecule has 0 aliphatic rings. The lowest BCUT2D eigenvalue weighted by atomic mass is 10.0. The molecule has 0 fully saturated rings. The van der Waals surface area contributed by atoms with E-state index in [-0.39, 0.29) is 11.8 Å². The molecule has 0 radical (unpaired) electrons. The molecular formula is C16H16ClNO. The molecule has 0 saturated heterocycles. The van der Waals surface area contributed by atoms with Crippen LogP contribution in [0.2, 0.25) is 0 Å². The highest BCUT2D eigenvalue weighted by Crippen LogP contribution is 2.20. The summed E-state index contributed by atoms with van der Waals surface area (Å²) in [7, 11) is 0. The van der Waals surface area contributed by atoms with Crippen molar-refractivity contribution >= 4 is 17.5 Å². The molecule has 2 aromatic rings. The van der Waals surface area contributed by atoms with Crippen LogP contribution in [-0.2, 0) is 11.3 Å². The van der Waals surface area contributed by atoms with Gasteiger partial charge in [0.1, 0.15) is 5.88 Å². The Morgan fingerprint density at radius 3 is 2.47 bits per heavy atom. The van der Waals surface area contributed by atoms with Gasteiger partial charge in [-0.25, -0.2) is 0 Å². The Morgan fingerprint density at radius 1 is 1.11 bits per heavy atom. The highest BCUT2D eigenvalue weighted by molar-refractivity contribution is 6.27. The van der Waals surface area contributed by atoms with Crippen molar-refractivity contribution in [1.82, 2.24) is 5.32 Å². The molecule has 0 spiro atoms. The van der Waals surface area contributed by atoms with Crippen LogP contribution in [0.1, 0.15) is 11.1 Å². The van der Waals surface area contributed by atoms with Crippen LogP contribution in [0.15, 0.2) is 48.5 Å². The van der Waals surface area contributed by atoms with Crippen LogP contribution in [0.25, 0.3) is 11.1 Å². The van der Waals surface area contributed by atoms with Crippen molar-refractivity contribution in [3.8, 4) is 11.1 Å². The summed E-state index contributed by atoms with van der Waals surface area (Å²) in [6, 6.07) is 16.6. The zero-order valence-corrected chi connectivity index (χ0v) is 11.6. The summed E-state index contributed by atoms with van der Waals surface area (Å²) in [4.78, 5) is 11.1. The van der Waals surface area contributed by atoms with Gasteiger partial charge < -0.3 is 5.32 Å². The Labute approximate surface area is 118 Å². The number of nitrogens with one attached hydrogen (secondary N) is 1. The monoisotopic (exact) mass is 273 g/mol. The van der Waals surface area contributed by atoms with Crippen LogP contribution in [0.5, 0.6) is 0 Å². The molecular weight excluding hydrogens is 258 g/mol. The van der Waals surface area contributed by atoms with Crippen molar-refractivity contribution in [2.75, 3.05) is 5.88 Å². The molecule has 0 atom stereocenters. The van der Waals surface area contributed by atoms with Crippen LogP contribution in [-0.4, -0.2) is 11.8 Å². The Kier molecular flexibility index (Phi) is 4.58. The number of aryl methyl sites for hydroxylation is 1. The first kappa shape index (κ1) is 13.6. The van der Waals surface area contributed by atoms with E-state index < -0.39 is 0 Å². The number of carbonyl (C=O) groups is 1. The Hall–Kier alpha value is -1.80. The van der Waals surface area contributed by atoms with Crippen molar-refractivity contribution in [2.45, 2.75) is 13.5 Å². The standard InChI is InChI=1S/C16H16ClNO/c1-12-3-2-4-15(9-12)14-7-5-13(6-8-14)11-18-16(19)10-17/h2-9H,10-11H2,1H3,(H,18,19). The summed E-state index contributed by atoms with van der Waals surface area (Å²) in [5, 5.41) is 2.75. The van der Waals surface area contributed by atoms with Crippen molar-refractivity contribution in [3.05, 3.63) is 59.7 Å². The third-order valence-corrected chi connectivity index (χ3v) is 3.16. The third-order valence-electron chi connectivity index (χ3n) is 2.92. The van der Waals surface area contributed by atoms with Crippen LogP contribution < -0.4 is 5.32 Å². The van der Waals surface area contributed by atoms with Crippen LogP contribution >= 0.6 is 11.6 Å². The van der Waals surface area contributed by atoms with Crippen LogP contribution in [0, 0.1) is 6.92 Å². The summed E-state index contributed by atoms with van der Waals surface area (Å²) in [5.41, 5.74) is 4.69. The largest absolute Gasteiger partial charge is 0.351 e. The Morgan fingerprint density at radius 2 is 1.84 bits per heavy atom. The van der Waals surface area contributed by atoms with Gasteiger partial charge in [-0.1, -0.05) is 54.1 Å². The first-order chi connectivity index (χ1) is 9.19. The maximum absolute atomic E-state index is 11.1. The van der Waals surface area contributed by atoms with Crippen LogP contribution in [0.3, 0.4) is 0 Å². The average molecular weight is 274 g/mol. The van der Waals surface area contributed by atoms with Gasteiger partial charge in [0.05, 0.1) is 0 Å². The van der Waals surface area contributed by atoms with Crippen LogP contribution in [0.4, 0.5) is 0 Å². The van der Waals surface area contributed by atoms with Crippen molar-refractivity contribution in [2.24, 2.45) is 0 Å². The minimum Gasteiger partial charge on any atom is -0.351 e. The topological polar surface area (TPSA) is 29.1 Å². The van der Waals surface area contributed by atoms with Gasteiger partial charge >= 0.3 is 0 Å². The van der Waals surface area contributed by atoms with Crippen molar-refractivity contribution in [1.29, 1.82) is 0 Å². The molecule has 2 rings (SSSR count). The molecule has 19 heavy (non-hydrogen) atoms. The molecule has 3 heteroatoms. The van der Waals surface area contributed by atoms with Gasteiger partial charge in [0, 0.05) is 6.54 Å². The van der Waals surface area contributed by atoms with E-state index >= 15 is 0 Å². The van der Waals surface area contributed by atoms with Crippen molar-refractivity contribution < 1.29 is 4.79 Å². The molecule has 0 bridgehead atoms. The number of hydrogen-bond donors (Lipinski definition) is 1. The average Bonchev–Trinajstić information content (AvgIpc) is 2.45. The highest BCUT2D eigenvalue weighted by atomic mass is 35.5. The molecule has 2 aromatic carbocycles. The van der Waals surface area contributed by atoms with Gasteiger partial charge in [-0.3, -0.25) is 4.79 Å². The van der Waals surface area contributed by atoms with E-state index in [0.717, 1.165) is 5.56 Å². The van der Waals surface area contributed by atoms with E-state index in [1.54, 1.807) is 0 Å². The van der Waals surface area contributed by atoms with Gasteiger partial charge in [0.15, 0.2) is 0 Å². The molecule has 0 saturated carbocycles. The zero-order valence-electron chi connectivity index (χ0n) is 10.8. The van der Waals surface area contributed by atoms with E-state index in [4.69, 9.17) is 11.6 Å². The smallest absolute Gasteiger partial charge is 0.235 e. The molecule has 1 amide bonds. The zero-order chi connectivity index (χ0) is 13.7. The Balaban J connectivity index is 2.08. The summed E-state index contributed by atoms with van der Waals surface area (Å²) >= 11 is 5.43. The lowest BCUT2D eigenvalue weighted by Gasteiger charge is -2.06. The second kappa shape index (κ2) is 6.39. The molecule has 0 aliphatic heterocycles. The molecule has 98 valence electrons. The third kappa shape index (κ3) is 3.83. The maximum atomic E-state index is 11.1. The predicted octanol–water partition coefficient (Wildman–Crippen LogP) is 3.52. The van der Waals surface area contributed by atoms with E-state index in [2.05, 4.69) is 48.6 Å². The first-order valence-corrected chi connectivity index (χ1v) is 6.71. The van der Waals surface area contributed by atoms with Gasteiger partial charge in [-0.15, -0.1) is 11.6 Å². The second-order valence-electron chi connectivity index (χ2n) is 4.48. The first-order valence-electron chi connectivity index (χ1n) is 6.17. The SMILES string of the molecule is Cc1cccc(-c2ccc(CNC(=O)CCl)cc2)c1. The number of hydrogen-bond acceptors (Lipinski definition) is 1.